The van der Waals surface area contributed by atoms with Crippen molar-refractivity contribution in [1.29, 1.82) is 0 Å². The molecule has 1 aromatic heterocycles. The van der Waals surface area contributed by atoms with E-state index in [4.69, 9.17) is 5.73 Å². The van der Waals surface area contributed by atoms with Gasteiger partial charge in [-0.3, -0.25) is 4.79 Å². The number of H-pyrrole nitrogens is 1. The van der Waals surface area contributed by atoms with Crippen molar-refractivity contribution in [3.05, 3.63) is 78.0 Å². The topological polar surface area (TPSA) is 100 Å². The molecule has 6 heteroatoms. The molecule has 3 amide bonds. The van der Waals surface area contributed by atoms with Gasteiger partial charge in [0, 0.05) is 23.1 Å². The minimum Gasteiger partial charge on any atom is -0.364 e. The number of aromatic nitrogens is 1. The molecule has 0 radical (unpaired) electrons. The van der Waals surface area contributed by atoms with Crippen molar-refractivity contribution in [2.24, 2.45) is 5.73 Å². The van der Waals surface area contributed by atoms with Gasteiger partial charge in [0.2, 0.25) is 0 Å². The Kier molecular flexibility index (Phi) is 4.22. The lowest BCUT2D eigenvalue weighted by Gasteiger charge is -2.09. The first-order valence-electron chi connectivity index (χ1n) is 8.53. The molecule has 0 bridgehead atoms. The van der Waals surface area contributed by atoms with E-state index in [0.29, 0.717) is 17.9 Å². The van der Waals surface area contributed by atoms with Crippen LogP contribution in [0.5, 0.6) is 0 Å². The van der Waals surface area contributed by atoms with Gasteiger partial charge in [-0.2, -0.15) is 0 Å². The van der Waals surface area contributed by atoms with Crippen LogP contribution in [-0.4, -0.2) is 16.9 Å². The summed E-state index contributed by atoms with van der Waals surface area (Å²) < 4.78 is 0. The first kappa shape index (κ1) is 16.7. The molecule has 1 heterocycles. The van der Waals surface area contributed by atoms with Gasteiger partial charge in [0.15, 0.2) is 0 Å². The zero-order chi connectivity index (χ0) is 18.8. The molecule has 0 atom stereocenters. The number of aromatic amines is 1. The number of carbonyl (C=O) groups excluding carboxylic acids is 2. The Morgan fingerprint density at radius 2 is 1.70 bits per heavy atom. The highest BCUT2D eigenvalue weighted by Crippen LogP contribution is 2.20. The van der Waals surface area contributed by atoms with Crippen LogP contribution in [0.1, 0.15) is 16.1 Å². The monoisotopic (exact) mass is 358 g/mol. The molecular weight excluding hydrogens is 340 g/mol. The van der Waals surface area contributed by atoms with Crippen LogP contribution in [0.3, 0.4) is 0 Å². The lowest BCUT2D eigenvalue weighted by atomic mass is 10.1. The molecule has 0 aliphatic rings. The summed E-state index contributed by atoms with van der Waals surface area (Å²) in [5, 5.41) is 8.76. The van der Waals surface area contributed by atoms with Crippen molar-refractivity contribution >= 4 is 39.3 Å². The number of benzene rings is 3. The molecule has 27 heavy (non-hydrogen) atoms. The van der Waals surface area contributed by atoms with Crippen LogP contribution in [0.25, 0.3) is 21.7 Å². The Morgan fingerprint density at radius 3 is 2.52 bits per heavy atom. The van der Waals surface area contributed by atoms with E-state index in [1.807, 2.05) is 30.3 Å². The Balaban J connectivity index is 1.42. The van der Waals surface area contributed by atoms with Crippen LogP contribution >= 0.6 is 0 Å². The highest BCUT2D eigenvalue weighted by atomic mass is 16.2. The minimum absolute atomic E-state index is 0.298. The maximum atomic E-state index is 12.2. The lowest BCUT2D eigenvalue weighted by molar-refractivity contribution is 0.0996. The SMILES string of the molecule is NC(=O)c1cc2cc(NC(=O)NCc3ccc4ccccc4c3)ccc2[nH]1. The molecule has 0 unspecified atom stereocenters. The summed E-state index contributed by atoms with van der Waals surface area (Å²) in [6, 6.07) is 20.9. The third-order valence-electron chi connectivity index (χ3n) is 4.41. The van der Waals surface area contributed by atoms with Crippen molar-refractivity contribution in [1.82, 2.24) is 10.3 Å². The molecular formula is C21H18N4O2. The van der Waals surface area contributed by atoms with Gasteiger partial charge in [-0.25, -0.2) is 4.79 Å². The first-order valence-corrected chi connectivity index (χ1v) is 8.53. The number of nitrogens with two attached hydrogens (primary N) is 1. The second kappa shape index (κ2) is 6.84. The van der Waals surface area contributed by atoms with Gasteiger partial charge in [0.1, 0.15) is 5.69 Å². The second-order valence-corrected chi connectivity index (χ2v) is 6.34. The van der Waals surface area contributed by atoms with Crippen LogP contribution in [0.2, 0.25) is 0 Å². The zero-order valence-corrected chi connectivity index (χ0v) is 14.5. The number of nitrogens with one attached hydrogen (secondary N) is 3. The summed E-state index contributed by atoms with van der Waals surface area (Å²) in [6.07, 6.45) is 0. The predicted molar refractivity (Wildman–Crippen MR) is 107 cm³/mol. The van der Waals surface area contributed by atoms with E-state index in [0.717, 1.165) is 21.9 Å². The Morgan fingerprint density at radius 1 is 0.889 bits per heavy atom. The molecule has 134 valence electrons. The average molecular weight is 358 g/mol. The lowest BCUT2D eigenvalue weighted by Crippen LogP contribution is -2.28. The van der Waals surface area contributed by atoms with E-state index >= 15 is 0 Å². The third-order valence-corrected chi connectivity index (χ3v) is 4.41. The Bertz CT molecular complexity index is 1160. The number of hydrogen-bond acceptors (Lipinski definition) is 2. The second-order valence-electron chi connectivity index (χ2n) is 6.34. The first-order chi connectivity index (χ1) is 13.1. The highest BCUT2D eigenvalue weighted by molar-refractivity contribution is 5.99. The summed E-state index contributed by atoms with van der Waals surface area (Å²) in [4.78, 5) is 26.4. The van der Waals surface area contributed by atoms with Crippen LogP contribution in [0, 0.1) is 0 Å². The fourth-order valence-corrected chi connectivity index (χ4v) is 3.05. The van der Waals surface area contributed by atoms with Gasteiger partial charge in [-0.15, -0.1) is 0 Å². The largest absolute Gasteiger partial charge is 0.364 e. The fourth-order valence-electron chi connectivity index (χ4n) is 3.05. The van der Waals surface area contributed by atoms with Crippen LogP contribution in [-0.2, 0) is 6.54 Å². The summed E-state index contributed by atoms with van der Waals surface area (Å²) in [7, 11) is 0. The number of carbonyl (C=O) groups is 2. The molecule has 0 saturated heterocycles. The van der Waals surface area contributed by atoms with Crippen LogP contribution < -0.4 is 16.4 Å². The third kappa shape index (κ3) is 3.59. The average Bonchev–Trinajstić information content (AvgIpc) is 3.10. The molecule has 0 spiro atoms. The summed E-state index contributed by atoms with van der Waals surface area (Å²) >= 11 is 0. The van der Waals surface area contributed by atoms with Gasteiger partial charge in [0.05, 0.1) is 0 Å². The van der Waals surface area contributed by atoms with E-state index < -0.39 is 5.91 Å². The van der Waals surface area contributed by atoms with E-state index in [9.17, 15) is 9.59 Å². The summed E-state index contributed by atoms with van der Waals surface area (Å²) in [5.41, 5.74) is 8.05. The molecule has 3 aromatic carbocycles. The Hall–Kier alpha value is -3.80. The quantitative estimate of drug-likeness (QED) is 0.447. The maximum Gasteiger partial charge on any atom is 0.319 e. The van der Waals surface area contributed by atoms with Crippen molar-refractivity contribution in [2.45, 2.75) is 6.54 Å². The van der Waals surface area contributed by atoms with E-state index in [2.05, 4.69) is 27.8 Å². The molecule has 4 aromatic rings. The van der Waals surface area contributed by atoms with Gasteiger partial charge in [-0.05, 0) is 46.7 Å². The van der Waals surface area contributed by atoms with Crippen molar-refractivity contribution < 1.29 is 9.59 Å². The smallest absolute Gasteiger partial charge is 0.319 e. The number of hydrogen-bond donors (Lipinski definition) is 4. The number of primary amides is 1. The van der Waals surface area contributed by atoms with E-state index in [1.54, 1.807) is 24.3 Å². The molecule has 6 nitrogen and oxygen atoms in total. The number of fused-ring (bicyclic) bond motifs is 2. The summed E-state index contributed by atoms with van der Waals surface area (Å²) in [6.45, 7) is 0.425. The van der Waals surface area contributed by atoms with Crippen molar-refractivity contribution in [2.75, 3.05) is 5.32 Å². The normalized spacial score (nSPS) is 10.8. The maximum absolute atomic E-state index is 12.2. The van der Waals surface area contributed by atoms with Crippen molar-refractivity contribution in [3.63, 3.8) is 0 Å². The van der Waals surface area contributed by atoms with Gasteiger partial charge in [0.25, 0.3) is 5.91 Å². The summed E-state index contributed by atoms with van der Waals surface area (Å²) in [5.74, 6) is -0.520. The molecule has 0 fully saturated rings. The highest BCUT2D eigenvalue weighted by Gasteiger charge is 2.08. The molecule has 0 saturated carbocycles. The van der Waals surface area contributed by atoms with Gasteiger partial charge < -0.3 is 21.4 Å². The molecule has 5 N–H and O–H groups in total. The van der Waals surface area contributed by atoms with Crippen LogP contribution in [0.15, 0.2) is 66.7 Å². The predicted octanol–water partition coefficient (Wildman–Crippen LogP) is 3.74. The van der Waals surface area contributed by atoms with Gasteiger partial charge >= 0.3 is 6.03 Å². The van der Waals surface area contributed by atoms with Crippen molar-refractivity contribution in [3.8, 4) is 0 Å². The van der Waals surface area contributed by atoms with Gasteiger partial charge in [-0.1, -0.05) is 36.4 Å². The van der Waals surface area contributed by atoms with E-state index in [-0.39, 0.29) is 6.03 Å². The van der Waals surface area contributed by atoms with E-state index in [1.165, 1.54) is 5.39 Å². The standard InChI is InChI=1S/C21H18N4O2/c22-20(26)19-11-16-10-17(7-8-18(16)25-19)24-21(27)23-12-13-5-6-14-3-1-2-4-15(14)9-13/h1-11,25H,12H2,(H2,22,26)(H2,23,24,27). The number of urea groups is 1. The zero-order valence-electron chi connectivity index (χ0n) is 14.5. The Labute approximate surface area is 155 Å². The molecule has 0 aliphatic carbocycles. The van der Waals surface area contributed by atoms with Crippen LogP contribution in [0.4, 0.5) is 10.5 Å². The number of amides is 3. The molecule has 0 aliphatic heterocycles. The number of rotatable bonds is 4. The minimum atomic E-state index is -0.520. The molecule has 4 rings (SSSR count). The fraction of sp³-hybridized carbons (Fsp3) is 0.0476. The number of anilines is 1.